The Balaban J connectivity index is 1.75. The lowest BCUT2D eigenvalue weighted by Crippen LogP contribution is -2.14. The van der Waals surface area contributed by atoms with Gasteiger partial charge in [-0.3, -0.25) is 4.79 Å². The first-order chi connectivity index (χ1) is 12.1. The maximum absolute atomic E-state index is 12.3. The smallest absolute Gasteiger partial charge is 0.274 e. The van der Waals surface area contributed by atoms with Crippen LogP contribution in [0, 0.1) is 11.3 Å². The molecule has 0 bridgehead atoms. The van der Waals surface area contributed by atoms with Crippen molar-refractivity contribution < 1.29 is 4.79 Å². The average molecular weight is 394 g/mol. The molecule has 0 saturated carbocycles. The van der Waals surface area contributed by atoms with Crippen LogP contribution in [0.1, 0.15) is 16.1 Å². The molecule has 7 heteroatoms. The molecule has 0 unspecified atom stereocenters. The molecule has 0 spiro atoms. The molecular weight excluding hydrogens is 382 g/mol. The zero-order valence-corrected chi connectivity index (χ0v) is 14.5. The van der Waals surface area contributed by atoms with E-state index in [0.29, 0.717) is 17.2 Å². The molecule has 1 heterocycles. The van der Waals surface area contributed by atoms with Crippen LogP contribution in [0.2, 0.25) is 0 Å². The predicted octanol–water partition coefficient (Wildman–Crippen LogP) is 4.11. The van der Waals surface area contributed by atoms with Crippen LogP contribution in [0.25, 0.3) is 0 Å². The van der Waals surface area contributed by atoms with Gasteiger partial charge in [-0.25, -0.2) is 9.97 Å². The highest BCUT2D eigenvalue weighted by Gasteiger charge is 2.10. The minimum Gasteiger partial charge on any atom is -0.324 e. The summed E-state index contributed by atoms with van der Waals surface area (Å²) in [7, 11) is 0. The number of hydrogen-bond donors (Lipinski definition) is 2. The third-order valence-corrected chi connectivity index (χ3v) is 3.77. The van der Waals surface area contributed by atoms with Crippen LogP contribution in [-0.2, 0) is 0 Å². The maximum atomic E-state index is 12.3. The summed E-state index contributed by atoms with van der Waals surface area (Å²) in [6, 6.07) is 17.7. The third-order valence-electron chi connectivity index (χ3n) is 3.24. The van der Waals surface area contributed by atoms with Crippen molar-refractivity contribution in [3.05, 3.63) is 76.5 Å². The molecule has 0 fully saturated rings. The summed E-state index contributed by atoms with van der Waals surface area (Å²) >= 11 is 3.37. The number of hydrogen-bond acceptors (Lipinski definition) is 5. The van der Waals surface area contributed by atoms with E-state index in [1.54, 1.807) is 24.3 Å². The van der Waals surface area contributed by atoms with Gasteiger partial charge in [-0.1, -0.05) is 22.0 Å². The van der Waals surface area contributed by atoms with Crippen LogP contribution in [0.3, 0.4) is 0 Å². The lowest BCUT2D eigenvalue weighted by atomic mass is 10.2. The van der Waals surface area contributed by atoms with Gasteiger partial charge in [-0.2, -0.15) is 5.26 Å². The molecule has 122 valence electrons. The number of aromatic nitrogens is 2. The number of nitrogens with zero attached hydrogens (tertiary/aromatic N) is 3. The van der Waals surface area contributed by atoms with Gasteiger partial charge in [0, 0.05) is 22.0 Å². The van der Waals surface area contributed by atoms with Crippen molar-refractivity contribution in [3.8, 4) is 6.07 Å². The van der Waals surface area contributed by atoms with Crippen molar-refractivity contribution in [1.82, 2.24) is 9.97 Å². The monoisotopic (exact) mass is 393 g/mol. The molecule has 2 aromatic carbocycles. The van der Waals surface area contributed by atoms with Crippen LogP contribution < -0.4 is 10.6 Å². The second kappa shape index (κ2) is 7.55. The van der Waals surface area contributed by atoms with Crippen molar-refractivity contribution >= 4 is 39.2 Å². The fourth-order valence-corrected chi connectivity index (χ4v) is 2.33. The average Bonchev–Trinajstić information content (AvgIpc) is 2.64. The van der Waals surface area contributed by atoms with Gasteiger partial charge in [0.25, 0.3) is 5.91 Å². The second-order valence-corrected chi connectivity index (χ2v) is 5.96. The van der Waals surface area contributed by atoms with Gasteiger partial charge in [0.2, 0.25) is 5.95 Å². The fourth-order valence-electron chi connectivity index (χ4n) is 2.07. The molecule has 0 atom stereocenters. The van der Waals surface area contributed by atoms with Crippen LogP contribution in [0.5, 0.6) is 0 Å². The Labute approximate surface area is 152 Å². The standard InChI is InChI=1S/C18H12BrN5O/c19-13-4-6-14(7-5-13)23-18-21-9-8-16(24-18)17(25)22-15-3-1-2-12(10-15)11-20/h1-10H,(H,22,25)(H,21,23,24). The Morgan fingerprint density at radius 3 is 2.64 bits per heavy atom. The minimum absolute atomic E-state index is 0.219. The Bertz CT molecular complexity index is 950. The Morgan fingerprint density at radius 2 is 1.88 bits per heavy atom. The minimum atomic E-state index is -0.378. The Kier molecular flexibility index (Phi) is 5.02. The number of amides is 1. The second-order valence-electron chi connectivity index (χ2n) is 5.04. The van der Waals surface area contributed by atoms with Gasteiger partial charge in [0.05, 0.1) is 11.6 Å². The van der Waals surface area contributed by atoms with Crippen molar-refractivity contribution in [1.29, 1.82) is 5.26 Å². The molecule has 0 radical (unpaired) electrons. The van der Waals surface area contributed by atoms with Crippen LogP contribution >= 0.6 is 15.9 Å². The van der Waals surface area contributed by atoms with Crippen LogP contribution in [-0.4, -0.2) is 15.9 Å². The number of nitrogens with one attached hydrogen (secondary N) is 2. The lowest BCUT2D eigenvalue weighted by Gasteiger charge is -2.08. The third kappa shape index (κ3) is 4.40. The van der Waals surface area contributed by atoms with Crippen molar-refractivity contribution in [2.45, 2.75) is 0 Å². The number of carbonyl (C=O) groups excluding carboxylic acids is 1. The van der Waals surface area contributed by atoms with Crippen molar-refractivity contribution in [3.63, 3.8) is 0 Å². The molecule has 3 aromatic rings. The molecule has 2 N–H and O–H groups in total. The van der Waals surface area contributed by atoms with Gasteiger partial charge < -0.3 is 10.6 Å². The van der Waals surface area contributed by atoms with E-state index in [9.17, 15) is 4.79 Å². The molecule has 25 heavy (non-hydrogen) atoms. The highest BCUT2D eigenvalue weighted by atomic mass is 79.9. The number of carbonyl (C=O) groups is 1. The highest BCUT2D eigenvalue weighted by molar-refractivity contribution is 9.10. The van der Waals surface area contributed by atoms with E-state index in [1.165, 1.54) is 12.3 Å². The van der Waals surface area contributed by atoms with E-state index < -0.39 is 0 Å². The van der Waals surface area contributed by atoms with E-state index in [0.717, 1.165) is 10.2 Å². The number of anilines is 3. The predicted molar refractivity (Wildman–Crippen MR) is 98.6 cm³/mol. The van der Waals surface area contributed by atoms with E-state index in [2.05, 4.69) is 36.5 Å². The Hall–Kier alpha value is -3.24. The molecule has 1 aromatic heterocycles. The first-order valence-electron chi connectivity index (χ1n) is 7.31. The van der Waals surface area contributed by atoms with Gasteiger partial charge in [-0.05, 0) is 48.5 Å². The van der Waals surface area contributed by atoms with Gasteiger partial charge in [0.15, 0.2) is 0 Å². The fraction of sp³-hybridized carbons (Fsp3) is 0. The first-order valence-corrected chi connectivity index (χ1v) is 8.10. The summed E-state index contributed by atoms with van der Waals surface area (Å²) in [6.07, 6.45) is 1.51. The highest BCUT2D eigenvalue weighted by Crippen LogP contribution is 2.17. The van der Waals surface area contributed by atoms with Crippen molar-refractivity contribution in [2.75, 3.05) is 10.6 Å². The molecular formula is C18H12BrN5O. The summed E-state index contributed by atoms with van der Waals surface area (Å²) in [4.78, 5) is 20.7. The summed E-state index contributed by atoms with van der Waals surface area (Å²) in [6.45, 7) is 0. The lowest BCUT2D eigenvalue weighted by molar-refractivity contribution is 0.102. The normalized spacial score (nSPS) is 9.92. The maximum Gasteiger partial charge on any atom is 0.274 e. The molecule has 0 aliphatic heterocycles. The number of benzene rings is 2. The van der Waals surface area contributed by atoms with Crippen LogP contribution in [0.15, 0.2) is 65.3 Å². The number of halogens is 1. The van der Waals surface area contributed by atoms with E-state index >= 15 is 0 Å². The topological polar surface area (TPSA) is 90.7 Å². The van der Waals surface area contributed by atoms with Gasteiger partial charge in [0.1, 0.15) is 5.69 Å². The van der Waals surface area contributed by atoms with Gasteiger partial charge in [-0.15, -0.1) is 0 Å². The summed E-state index contributed by atoms with van der Waals surface area (Å²) in [5, 5.41) is 14.7. The molecule has 1 amide bonds. The molecule has 6 nitrogen and oxygen atoms in total. The zero-order valence-electron chi connectivity index (χ0n) is 12.9. The zero-order chi connectivity index (χ0) is 17.6. The summed E-state index contributed by atoms with van der Waals surface area (Å²) < 4.78 is 0.965. The molecule has 0 aliphatic rings. The quantitative estimate of drug-likeness (QED) is 0.695. The number of rotatable bonds is 4. The number of nitriles is 1. The van der Waals surface area contributed by atoms with E-state index in [-0.39, 0.29) is 11.6 Å². The molecule has 0 aliphatic carbocycles. The SMILES string of the molecule is N#Cc1cccc(NC(=O)c2ccnc(Nc3ccc(Br)cc3)n2)c1. The van der Waals surface area contributed by atoms with Gasteiger partial charge >= 0.3 is 0 Å². The van der Waals surface area contributed by atoms with E-state index in [1.807, 2.05) is 30.3 Å². The Morgan fingerprint density at radius 1 is 1.08 bits per heavy atom. The largest absolute Gasteiger partial charge is 0.324 e. The summed E-state index contributed by atoms with van der Waals surface area (Å²) in [5.41, 5.74) is 2.03. The molecule has 0 saturated heterocycles. The van der Waals surface area contributed by atoms with Crippen LogP contribution in [0.4, 0.5) is 17.3 Å². The first kappa shape index (κ1) is 16.6. The molecule has 3 rings (SSSR count). The van der Waals surface area contributed by atoms with Crippen molar-refractivity contribution in [2.24, 2.45) is 0 Å². The summed E-state index contributed by atoms with van der Waals surface area (Å²) in [5.74, 6) is -0.0582. The van der Waals surface area contributed by atoms with E-state index in [4.69, 9.17) is 5.26 Å².